The highest BCUT2D eigenvalue weighted by molar-refractivity contribution is 6.10. The first-order chi connectivity index (χ1) is 9.70. The fourth-order valence-electron chi connectivity index (χ4n) is 1.62. The zero-order chi connectivity index (χ0) is 14.4. The van der Waals surface area contributed by atoms with Crippen LogP contribution >= 0.6 is 11.8 Å². The number of nitrogens with zero attached hydrogens (tertiary/aromatic N) is 2. The predicted octanol–water partition coefficient (Wildman–Crippen LogP) is 3.20. The molecule has 0 spiro atoms. The molecular weight excluding hydrogens is 276 g/mol. The Morgan fingerprint density at radius 3 is 2.55 bits per heavy atom. The monoisotopic (exact) mass is 291 g/mol. The minimum atomic E-state index is 0.373. The second kappa shape index (κ2) is 6.91. The number of methoxy groups -OCH3 is 1. The van der Waals surface area contributed by atoms with Crippen molar-refractivity contribution in [2.45, 2.75) is 13.5 Å². The van der Waals surface area contributed by atoms with Gasteiger partial charge in [0.25, 0.3) is 5.71 Å². The molecule has 1 aromatic heterocycles. The first-order valence-electron chi connectivity index (χ1n) is 6.17. The third kappa shape index (κ3) is 3.71. The number of pyridine rings is 1. The quantitative estimate of drug-likeness (QED) is 0.482. The summed E-state index contributed by atoms with van der Waals surface area (Å²) in [6.45, 7) is 2.22. The minimum Gasteiger partial charge on any atom is -0.497 e. The van der Waals surface area contributed by atoms with Crippen LogP contribution in [0.4, 0.5) is 0 Å². The molecule has 0 atom stereocenters. The summed E-state index contributed by atoms with van der Waals surface area (Å²) in [5.41, 5.74) is 2.52. The Hall–Kier alpha value is -2.07. The van der Waals surface area contributed by atoms with Gasteiger partial charge in [-0.05, 0) is 29.8 Å². The zero-order valence-corrected chi connectivity index (χ0v) is 12.2. The lowest BCUT2D eigenvalue weighted by Gasteiger charge is -2.02. The molecule has 0 N–H and O–H groups in total. The molecule has 1 aromatic carbocycles. The number of aromatic nitrogens is 1. The molecule has 2 aromatic rings. The van der Waals surface area contributed by atoms with Crippen molar-refractivity contribution >= 4 is 17.5 Å². The van der Waals surface area contributed by atoms with Crippen molar-refractivity contribution in [3.05, 3.63) is 59.9 Å². The van der Waals surface area contributed by atoms with Crippen molar-refractivity contribution in [2.24, 2.45) is 0 Å². The van der Waals surface area contributed by atoms with Crippen LogP contribution in [0.2, 0.25) is 0 Å². The van der Waals surface area contributed by atoms with Crippen molar-refractivity contribution in [1.82, 2.24) is 4.98 Å². The Morgan fingerprint density at radius 2 is 1.95 bits per heavy atom. The predicted molar refractivity (Wildman–Crippen MR) is 77.9 cm³/mol. The van der Waals surface area contributed by atoms with Gasteiger partial charge in [0.15, 0.2) is 6.61 Å². The first kappa shape index (κ1) is 14.3. The highest BCUT2D eigenvalue weighted by atomic mass is 35.5. The van der Waals surface area contributed by atoms with Gasteiger partial charge in [0.05, 0.1) is 11.4 Å². The molecule has 4 nitrogen and oxygen atoms in total. The Labute approximate surface area is 123 Å². The third-order valence-electron chi connectivity index (χ3n) is 2.80. The van der Waals surface area contributed by atoms with Gasteiger partial charge in [-0.15, -0.1) is 0 Å². The van der Waals surface area contributed by atoms with E-state index in [0.29, 0.717) is 6.61 Å². The molecule has 0 aliphatic rings. The van der Waals surface area contributed by atoms with Gasteiger partial charge in [-0.25, -0.2) is 0 Å². The van der Waals surface area contributed by atoms with E-state index in [-0.39, 0.29) is 0 Å². The smallest absolute Gasteiger partial charge is 0.319 e. The third-order valence-corrected chi connectivity index (χ3v) is 3.15. The van der Waals surface area contributed by atoms with Gasteiger partial charge in [0, 0.05) is 13.1 Å². The summed E-state index contributed by atoms with van der Waals surface area (Å²) in [4.78, 5) is 9.72. The fraction of sp³-hybridized carbons (Fsp3) is 0.200. The lowest BCUT2D eigenvalue weighted by atomic mass is 10.2. The molecule has 0 aliphatic carbocycles. The fourth-order valence-corrected chi connectivity index (χ4v) is 1.75. The normalized spacial score (nSPS) is 11.8. The van der Waals surface area contributed by atoms with E-state index >= 15 is 0 Å². The maximum absolute atomic E-state index is 6.08. The summed E-state index contributed by atoms with van der Waals surface area (Å²) >= 11 is 6.08. The van der Waals surface area contributed by atoms with Gasteiger partial charge >= 0.3 is 11.8 Å². The van der Waals surface area contributed by atoms with E-state index in [9.17, 15) is 0 Å². The molecule has 0 amide bonds. The van der Waals surface area contributed by atoms with Crippen LogP contribution in [0.15, 0.2) is 48.7 Å². The molecule has 0 fully saturated rings. The summed E-state index contributed by atoms with van der Waals surface area (Å²) in [6, 6.07) is 13.3. The van der Waals surface area contributed by atoms with Crippen LogP contribution in [-0.4, -0.2) is 22.1 Å². The van der Waals surface area contributed by atoms with Crippen LogP contribution in [0.3, 0.4) is 0 Å². The van der Waals surface area contributed by atoms with Gasteiger partial charge in [-0.2, -0.15) is 0 Å². The topological polar surface area (TPSA) is 34.4 Å². The Morgan fingerprint density at radius 1 is 1.20 bits per heavy atom. The number of ether oxygens (including phenoxy) is 1. The van der Waals surface area contributed by atoms with E-state index in [1.807, 2.05) is 49.4 Å². The summed E-state index contributed by atoms with van der Waals surface area (Å²) in [6.07, 6.45) is 1.72. The second-order valence-corrected chi connectivity index (χ2v) is 4.47. The molecule has 2 rings (SSSR count). The lowest BCUT2D eigenvalue weighted by Crippen LogP contribution is -2.13. The van der Waals surface area contributed by atoms with Crippen LogP contribution < -0.4 is 4.74 Å². The molecule has 5 heteroatoms. The molecule has 0 aliphatic heterocycles. The molecule has 0 radical (unpaired) electrons. The van der Waals surface area contributed by atoms with Crippen molar-refractivity contribution in [1.29, 1.82) is 0 Å². The molecule has 0 bridgehead atoms. The van der Waals surface area contributed by atoms with Crippen molar-refractivity contribution in [3.8, 4) is 5.75 Å². The molecule has 0 saturated heterocycles. The molecule has 104 valence electrons. The Kier molecular flexibility index (Phi) is 4.96. The molecule has 0 unspecified atom stereocenters. The standard InChI is InChI=1S/C15H16ClN2O2/c1-12(15-5-3-4-10-17-15)18(16)20-11-13-6-8-14(19-2)9-7-13/h3-10H,11H2,1-2H3/q+1. The van der Waals surface area contributed by atoms with Crippen LogP contribution in [-0.2, 0) is 11.4 Å². The van der Waals surface area contributed by atoms with Crippen LogP contribution in [0.1, 0.15) is 18.2 Å². The number of halogens is 1. The van der Waals surface area contributed by atoms with Crippen LogP contribution in [0.25, 0.3) is 0 Å². The summed E-state index contributed by atoms with van der Waals surface area (Å²) in [5, 5.41) is 0. The van der Waals surface area contributed by atoms with Gasteiger partial charge in [-0.3, -0.25) is 9.82 Å². The van der Waals surface area contributed by atoms with E-state index < -0.39 is 0 Å². The van der Waals surface area contributed by atoms with Gasteiger partial charge in [0.2, 0.25) is 0 Å². The maximum Gasteiger partial charge on any atom is 0.319 e. The SMILES string of the molecule is COc1ccc(CO[N+](Cl)=C(C)c2ccccn2)cc1. The van der Waals surface area contributed by atoms with E-state index in [1.54, 1.807) is 13.3 Å². The van der Waals surface area contributed by atoms with Crippen molar-refractivity contribution in [2.75, 3.05) is 7.11 Å². The number of benzene rings is 1. The molecule has 0 saturated carbocycles. The van der Waals surface area contributed by atoms with E-state index in [4.69, 9.17) is 21.4 Å². The summed E-state index contributed by atoms with van der Waals surface area (Å²) in [5.74, 6) is 0.813. The molecule has 1 heterocycles. The molecular formula is C15H16ClN2O2+. The van der Waals surface area contributed by atoms with Gasteiger partial charge in [0.1, 0.15) is 11.4 Å². The Bertz CT molecular complexity index is 583. The van der Waals surface area contributed by atoms with Crippen molar-refractivity contribution < 1.29 is 13.8 Å². The largest absolute Gasteiger partial charge is 0.497 e. The minimum absolute atomic E-state index is 0.373. The van der Waals surface area contributed by atoms with Gasteiger partial charge < -0.3 is 4.74 Å². The van der Waals surface area contributed by atoms with Crippen LogP contribution in [0, 0.1) is 0 Å². The highest BCUT2D eigenvalue weighted by Crippen LogP contribution is 2.12. The maximum atomic E-state index is 6.08. The van der Waals surface area contributed by atoms with E-state index in [0.717, 1.165) is 22.7 Å². The van der Waals surface area contributed by atoms with Crippen LogP contribution in [0.5, 0.6) is 5.75 Å². The molecule has 20 heavy (non-hydrogen) atoms. The number of hydrogen-bond acceptors (Lipinski definition) is 3. The number of rotatable bonds is 5. The average molecular weight is 292 g/mol. The first-order valence-corrected chi connectivity index (χ1v) is 6.51. The second-order valence-electron chi connectivity index (χ2n) is 4.17. The summed E-state index contributed by atoms with van der Waals surface area (Å²) in [7, 11) is 1.64. The number of hydrogen-bond donors (Lipinski definition) is 0. The zero-order valence-electron chi connectivity index (χ0n) is 11.4. The van der Waals surface area contributed by atoms with E-state index in [1.165, 1.54) is 4.26 Å². The summed E-state index contributed by atoms with van der Waals surface area (Å²) < 4.78 is 6.32. The van der Waals surface area contributed by atoms with Crippen molar-refractivity contribution in [3.63, 3.8) is 0 Å². The van der Waals surface area contributed by atoms with E-state index in [2.05, 4.69) is 4.98 Å². The average Bonchev–Trinajstić information content (AvgIpc) is 2.53. The Balaban J connectivity index is 2.02. The van der Waals surface area contributed by atoms with Gasteiger partial charge in [-0.1, -0.05) is 18.2 Å². The lowest BCUT2D eigenvalue weighted by molar-refractivity contribution is -0.688. The highest BCUT2D eigenvalue weighted by Gasteiger charge is 2.14.